The van der Waals surface area contributed by atoms with Gasteiger partial charge in [0.15, 0.2) is 0 Å². The van der Waals surface area contributed by atoms with Crippen LogP contribution in [0, 0.1) is 37.1 Å². The zero-order valence-corrected chi connectivity index (χ0v) is 9.63. The van der Waals surface area contributed by atoms with Crippen LogP contribution < -0.4 is 0 Å². The topological polar surface area (TPSA) is 0 Å². The first kappa shape index (κ1) is 12.9. The van der Waals surface area contributed by atoms with Crippen molar-refractivity contribution in [2.45, 2.75) is 6.92 Å². The molecule has 0 N–H and O–H groups in total. The van der Waals surface area contributed by atoms with Gasteiger partial charge in [-0.15, -0.1) is 5.56 Å². The molecule has 1 radical (unpaired) electrons. The molecule has 0 spiro atoms. The summed E-state index contributed by atoms with van der Waals surface area (Å²) in [5.74, 6) is -5.90. The molecule has 0 amide bonds. The Balaban J connectivity index is 0.00000144. The zero-order valence-electron chi connectivity index (χ0n) is 6.80. The zero-order chi connectivity index (χ0) is 9.46. The fourth-order valence-corrected chi connectivity index (χ4v) is 0.812. The van der Waals surface area contributed by atoms with Gasteiger partial charge in [0.25, 0.3) is 0 Å². The predicted molar refractivity (Wildman–Crippen MR) is 35.5 cm³/mol. The summed E-state index contributed by atoms with van der Waals surface area (Å²) in [6.07, 6.45) is 0. The third kappa shape index (κ3) is 2.05. The minimum absolute atomic E-state index is 0. The molecule has 5 heteroatoms. The smallest absolute Gasteiger partial charge is 0.142 e. The number of rotatable bonds is 0. The second-order valence-electron chi connectivity index (χ2n) is 2.36. The molecule has 1 rings (SSSR count). The monoisotopic (exact) mass is 266 g/mol. The molecule has 0 heterocycles. The maximum Gasteiger partial charge on any atom is 0.142 e. The van der Waals surface area contributed by atoms with Gasteiger partial charge in [-0.1, -0.05) is 0 Å². The standard InChI is InChI=1S/C8H5F4.Y/c1-3-5(9)4(2)7(11)8(12)6(3)10;/h1H2,2H3;/q-1;. The quantitative estimate of drug-likeness (QED) is 0.293. The van der Waals surface area contributed by atoms with Crippen LogP contribution in [0.2, 0.25) is 0 Å². The van der Waals surface area contributed by atoms with Crippen LogP contribution in [-0.4, -0.2) is 0 Å². The summed E-state index contributed by atoms with van der Waals surface area (Å²) in [4.78, 5) is 0. The van der Waals surface area contributed by atoms with Gasteiger partial charge in [-0.2, -0.15) is 6.92 Å². The van der Waals surface area contributed by atoms with Crippen molar-refractivity contribution >= 4 is 0 Å². The Morgan fingerprint density at radius 3 is 1.77 bits per heavy atom. The minimum atomic E-state index is -1.68. The van der Waals surface area contributed by atoms with Crippen LogP contribution in [0.25, 0.3) is 0 Å². The molecule has 0 aliphatic carbocycles. The summed E-state index contributed by atoms with van der Waals surface area (Å²) in [6, 6.07) is 0. The van der Waals surface area contributed by atoms with E-state index >= 15 is 0 Å². The molecular formula is C8H5F4Y-. The third-order valence-electron chi connectivity index (χ3n) is 1.57. The van der Waals surface area contributed by atoms with Gasteiger partial charge >= 0.3 is 0 Å². The summed E-state index contributed by atoms with van der Waals surface area (Å²) in [7, 11) is 0. The van der Waals surface area contributed by atoms with Crippen LogP contribution in [0.5, 0.6) is 0 Å². The molecule has 0 unspecified atom stereocenters. The molecule has 1 aromatic rings. The molecule has 0 aliphatic heterocycles. The van der Waals surface area contributed by atoms with E-state index in [-0.39, 0.29) is 32.7 Å². The van der Waals surface area contributed by atoms with Gasteiger partial charge in [0.2, 0.25) is 0 Å². The van der Waals surface area contributed by atoms with Gasteiger partial charge in [-0.25, -0.2) is 8.78 Å². The summed E-state index contributed by atoms with van der Waals surface area (Å²) >= 11 is 0. The SMILES string of the molecule is [CH2-]c1c(F)c(C)c(F)c(F)c1F.[Y]. The Morgan fingerprint density at radius 2 is 1.31 bits per heavy atom. The molecule has 0 saturated carbocycles. The minimum Gasteiger partial charge on any atom is -0.283 e. The molecule has 0 bridgehead atoms. The first-order valence-electron chi connectivity index (χ1n) is 3.11. The summed E-state index contributed by atoms with van der Waals surface area (Å²) in [5.41, 5.74) is -1.30. The molecule has 0 aromatic heterocycles. The first-order valence-corrected chi connectivity index (χ1v) is 3.11. The predicted octanol–water partition coefficient (Wildman–Crippen LogP) is 2.73. The van der Waals surface area contributed by atoms with E-state index in [4.69, 9.17) is 0 Å². The Morgan fingerprint density at radius 1 is 0.846 bits per heavy atom. The molecule has 69 valence electrons. The summed E-state index contributed by atoms with van der Waals surface area (Å²) in [5, 5.41) is 0. The van der Waals surface area contributed by atoms with E-state index < -0.39 is 34.4 Å². The molecule has 0 nitrogen and oxygen atoms in total. The van der Waals surface area contributed by atoms with E-state index in [2.05, 4.69) is 6.92 Å². The van der Waals surface area contributed by atoms with Crippen molar-refractivity contribution in [3.8, 4) is 0 Å². The summed E-state index contributed by atoms with van der Waals surface area (Å²) in [6.45, 7) is 3.94. The molecular weight excluding hydrogens is 261 g/mol. The van der Waals surface area contributed by atoms with E-state index in [0.29, 0.717) is 0 Å². The van der Waals surface area contributed by atoms with Crippen molar-refractivity contribution in [1.29, 1.82) is 0 Å². The third-order valence-corrected chi connectivity index (χ3v) is 1.57. The largest absolute Gasteiger partial charge is 0.283 e. The molecule has 0 saturated heterocycles. The van der Waals surface area contributed by atoms with E-state index in [9.17, 15) is 17.6 Å². The van der Waals surface area contributed by atoms with Gasteiger partial charge < -0.3 is 0 Å². The van der Waals surface area contributed by atoms with E-state index in [1.54, 1.807) is 0 Å². The molecule has 0 atom stereocenters. The Kier molecular flexibility index (Phi) is 4.39. The van der Waals surface area contributed by atoms with Crippen LogP contribution in [0.4, 0.5) is 17.6 Å². The fourth-order valence-electron chi connectivity index (χ4n) is 0.812. The fraction of sp³-hybridized carbons (Fsp3) is 0.125. The number of halogens is 4. The van der Waals surface area contributed by atoms with Crippen LogP contribution in [-0.2, 0) is 32.7 Å². The first-order chi connectivity index (χ1) is 5.46. The van der Waals surface area contributed by atoms with E-state index in [1.165, 1.54) is 0 Å². The Bertz CT molecular complexity index is 230. The van der Waals surface area contributed by atoms with E-state index in [1.807, 2.05) is 0 Å². The Hall–Kier alpha value is -0.0861. The van der Waals surface area contributed by atoms with Crippen LogP contribution in [0.15, 0.2) is 0 Å². The van der Waals surface area contributed by atoms with Gasteiger partial charge in [0.1, 0.15) is 11.6 Å². The second-order valence-corrected chi connectivity index (χ2v) is 2.36. The van der Waals surface area contributed by atoms with Crippen molar-refractivity contribution < 1.29 is 50.3 Å². The Labute approximate surface area is 98.2 Å². The molecule has 1 aromatic carbocycles. The van der Waals surface area contributed by atoms with Crippen LogP contribution >= 0.6 is 0 Å². The van der Waals surface area contributed by atoms with Crippen molar-refractivity contribution in [3.63, 3.8) is 0 Å². The average molecular weight is 266 g/mol. The van der Waals surface area contributed by atoms with Crippen molar-refractivity contribution in [3.05, 3.63) is 41.3 Å². The molecule has 0 fully saturated rings. The molecule has 0 aliphatic rings. The number of benzene rings is 1. The van der Waals surface area contributed by atoms with Gasteiger partial charge in [0.05, 0.1) is 5.82 Å². The average Bonchev–Trinajstić information content (AvgIpc) is 2.08. The molecule has 13 heavy (non-hydrogen) atoms. The van der Waals surface area contributed by atoms with E-state index in [0.717, 1.165) is 6.92 Å². The van der Waals surface area contributed by atoms with Crippen LogP contribution in [0.1, 0.15) is 11.1 Å². The number of hydrogen-bond donors (Lipinski definition) is 0. The van der Waals surface area contributed by atoms with Crippen molar-refractivity contribution in [2.24, 2.45) is 0 Å². The maximum atomic E-state index is 12.7. The summed E-state index contributed by atoms with van der Waals surface area (Å²) < 4.78 is 50.3. The number of hydrogen-bond acceptors (Lipinski definition) is 0. The van der Waals surface area contributed by atoms with Gasteiger partial charge in [-0.3, -0.25) is 8.78 Å². The van der Waals surface area contributed by atoms with Crippen LogP contribution in [0.3, 0.4) is 0 Å². The van der Waals surface area contributed by atoms with Gasteiger partial charge in [-0.05, 0) is 12.5 Å². The normalized spacial score (nSPS) is 9.62. The van der Waals surface area contributed by atoms with Crippen molar-refractivity contribution in [2.75, 3.05) is 0 Å². The maximum absolute atomic E-state index is 12.7. The second kappa shape index (κ2) is 4.42. The van der Waals surface area contributed by atoms with Crippen molar-refractivity contribution in [1.82, 2.24) is 0 Å². The van der Waals surface area contributed by atoms with Gasteiger partial charge in [0, 0.05) is 38.5 Å².